The van der Waals surface area contributed by atoms with E-state index in [1.807, 2.05) is 0 Å². The van der Waals surface area contributed by atoms with E-state index in [9.17, 15) is 4.79 Å². The molecule has 0 spiro atoms. The van der Waals surface area contributed by atoms with Crippen molar-refractivity contribution in [3.63, 3.8) is 0 Å². The van der Waals surface area contributed by atoms with E-state index in [4.69, 9.17) is 5.73 Å². The minimum atomic E-state index is -0.217. The molecule has 0 aromatic heterocycles. The van der Waals surface area contributed by atoms with Crippen LogP contribution >= 0.6 is 0 Å². The van der Waals surface area contributed by atoms with Gasteiger partial charge in [0.2, 0.25) is 5.91 Å². The number of likely N-dealkylation sites (N-methyl/N-ethyl adjacent to an activating group) is 1. The van der Waals surface area contributed by atoms with Gasteiger partial charge in [-0.25, -0.2) is 0 Å². The van der Waals surface area contributed by atoms with Gasteiger partial charge in [0.25, 0.3) is 0 Å². The predicted octanol–water partition coefficient (Wildman–Crippen LogP) is 1.40. The van der Waals surface area contributed by atoms with Crippen molar-refractivity contribution >= 4 is 5.91 Å². The predicted molar refractivity (Wildman–Crippen MR) is 68.7 cm³/mol. The Morgan fingerprint density at radius 3 is 2.76 bits per heavy atom. The summed E-state index contributed by atoms with van der Waals surface area (Å²) < 4.78 is 0. The number of hydrogen-bond donors (Lipinski definition) is 2. The molecule has 3 nitrogen and oxygen atoms in total. The molecule has 1 amide bonds. The van der Waals surface area contributed by atoms with Crippen molar-refractivity contribution in [3.8, 4) is 0 Å². The van der Waals surface area contributed by atoms with Gasteiger partial charge in [0.15, 0.2) is 0 Å². The van der Waals surface area contributed by atoms with Gasteiger partial charge in [-0.3, -0.25) is 4.79 Å². The van der Waals surface area contributed by atoms with Crippen molar-refractivity contribution in [2.24, 2.45) is 5.73 Å². The van der Waals surface area contributed by atoms with Gasteiger partial charge >= 0.3 is 0 Å². The zero-order valence-electron chi connectivity index (χ0n) is 10.3. The summed E-state index contributed by atoms with van der Waals surface area (Å²) >= 11 is 0. The Morgan fingerprint density at radius 2 is 2.12 bits per heavy atom. The van der Waals surface area contributed by atoms with Crippen molar-refractivity contribution < 1.29 is 4.79 Å². The van der Waals surface area contributed by atoms with Gasteiger partial charge in [0, 0.05) is 12.0 Å². The molecule has 1 aromatic rings. The Labute approximate surface area is 102 Å². The summed E-state index contributed by atoms with van der Waals surface area (Å²) in [5.74, 6) is -0.217. The Hall–Kier alpha value is -1.35. The standard InChI is InChI=1S/C14H20N2O/c1-2-16-14(10-13(15)17)8-7-11-5-3-4-6-12(11)9-14/h3-6,16H,2,7-10H2,1H3,(H2,15,17). The Balaban J connectivity index is 2.23. The second-order valence-electron chi connectivity index (χ2n) is 4.90. The average Bonchev–Trinajstić information content (AvgIpc) is 2.28. The maximum absolute atomic E-state index is 11.2. The molecule has 0 aliphatic heterocycles. The highest BCUT2D eigenvalue weighted by atomic mass is 16.1. The van der Waals surface area contributed by atoms with E-state index in [1.165, 1.54) is 11.1 Å². The van der Waals surface area contributed by atoms with Crippen LogP contribution < -0.4 is 11.1 Å². The van der Waals surface area contributed by atoms with Crippen molar-refractivity contribution in [1.29, 1.82) is 0 Å². The van der Waals surface area contributed by atoms with E-state index in [-0.39, 0.29) is 11.4 Å². The second kappa shape index (κ2) is 4.88. The largest absolute Gasteiger partial charge is 0.370 e. The fraction of sp³-hybridized carbons (Fsp3) is 0.500. The van der Waals surface area contributed by atoms with Crippen molar-refractivity contribution in [2.45, 2.75) is 38.1 Å². The fourth-order valence-electron chi connectivity index (χ4n) is 2.87. The molecule has 0 radical (unpaired) electrons. The first-order valence-corrected chi connectivity index (χ1v) is 6.25. The number of nitrogens with two attached hydrogens (primary N) is 1. The molecule has 1 atom stereocenters. The molecule has 1 unspecified atom stereocenters. The van der Waals surface area contributed by atoms with E-state index in [2.05, 4.69) is 36.5 Å². The molecular formula is C14H20N2O. The second-order valence-corrected chi connectivity index (χ2v) is 4.90. The maximum Gasteiger partial charge on any atom is 0.219 e. The van der Waals surface area contributed by atoms with Crippen LogP contribution in [0.4, 0.5) is 0 Å². The summed E-state index contributed by atoms with van der Waals surface area (Å²) in [7, 11) is 0. The van der Waals surface area contributed by atoms with Gasteiger partial charge < -0.3 is 11.1 Å². The van der Waals surface area contributed by atoms with Gasteiger partial charge in [0.05, 0.1) is 0 Å². The average molecular weight is 232 g/mol. The molecular weight excluding hydrogens is 212 g/mol. The van der Waals surface area contributed by atoms with Crippen molar-refractivity contribution in [2.75, 3.05) is 6.54 Å². The number of primary amides is 1. The molecule has 92 valence electrons. The summed E-state index contributed by atoms with van der Waals surface area (Å²) in [5.41, 5.74) is 8.01. The number of aryl methyl sites for hydroxylation is 1. The number of carbonyl (C=O) groups excluding carboxylic acids is 1. The molecule has 0 saturated carbocycles. The molecule has 3 heteroatoms. The van der Waals surface area contributed by atoms with E-state index in [1.54, 1.807) is 0 Å². The number of rotatable bonds is 4. The highest BCUT2D eigenvalue weighted by molar-refractivity contribution is 5.75. The molecule has 2 rings (SSSR count). The molecule has 1 aromatic carbocycles. The molecule has 3 N–H and O–H groups in total. The van der Waals surface area contributed by atoms with Crippen LogP contribution in [0.2, 0.25) is 0 Å². The fourth-order valence-corrected chi connectivity index (χ4v) is 2.87. The van der Waals surface area contributed by atoms with E-state index in [0.717, 1.165) is 25.8 Å². The first-order chi connectivity index (χ1) is 8.15. The Morgan fingerprint density at radius 1 is 1.41 bits per heavy atom. The lowest BCUT2D eigenvalue weighted by Crippen LogP contribution is -2.51. The van der Waals surface area contributed by atoms with Gasteiger partial charge in [-0.15, -0.1) is 0 Å². The number of benzene rings is 1. The zero-order valence-corrected chi connectivity index (χ0v) is 10.3. The van der Waals surface area contributed by atoms with Crippen LogP contribution in [0.1, 0.15) is 30.9 Å². The monoisotopic (exact) mass is 232 g/mol. The third kappa shape index (κ3) is 2.67. The van der Waals surface area contributed by atoms with Gasteiger partial charge in [-0.05, 0) is 36.9 Å². The third-order valence-corrected chi connectivity index (χ3v) is 3.58. The highest BCUT2D eigenvalue weighted by Gasteiger charge is 2.34. The lowest BCUT2D eigenvalue weighted by Gasteiger charge is -2.38. The van der Waals surface area contributed by atoms with Crippen LogP contribution in [-0.4, -0.2) is 18.0 Å². The Bertz CT molecular complexity index is 416. The molecule has 1 aliphatic rings. The van der Waals surface area contributed by atoms with Crippen LogP contribution in [0.25, 0.3) is 0 Å². The lowest BCUT2D eigenvalue weighted by atomic mass is 9.76. The van der Waals surface area contributed by atoms with Gasteiger partial charge in [-0.1, -0.05) is 31.2 Å². The summed E-state index contributed by atoms with van der Waals surface area (Å²) in [6, 6.07) is 8.47. The number of fused-ring (bicyclic) bond motifs is 1. The SMILES string of the molecule is CCNC1(CC(N)=O)CCc2ccccc2C1. The van der Waals surface area contributed by atoms with Crippen molar-refractivity contribution in [3.05, 3.63) is 35.4 Å². The summed E-state index contributed by atoms with van der Waals surface area (Å²) in [6.45, 7) is 2.94. The number of amides is 1. The maximum atomic E-state index is 11.2. The summed E-state index contributed by atoms with van der Waals surface area (Å²) in [5, 5.41) is 3.47. The van der Waals surface area contributed by atoms with Gasteiger partial charge in [-0.2, -0.15) is 0 Å². The summed E-state index contributed by atoms with van der Waals surface area (Å²) in [4.78, 5) is 11.2. The summed E-state index contributed by atoms with van der Waals surface area (Å²) in [6.07, 6.45) is 3.34. The number of hydrogen-bond acceptors (Lipinski definition) is 2. The minimum absolute atomic E-state index is 0.130. The number of nitrogens with one attached hydrogen (secondary N) is 1. The molecule has 0 saturated heterocycles. The van der Waals surface area contributed by atoms with Crippen LogP contribution in [0.5, 0.6) is 0 Å². The van der Waals surface area contributed by atoms with Gasteiger partial charge in [0.1, 0.15) is 0 Å². The first kappa shape index (κ1) is 12.1. The molecule has 1 aliphatic carbocycles. The molecule has 0 heterocycles. The lowest BCUT2D eigenvalue weighted by molar-refractivity contribution is -0.119. The first-order valence-electron chi connectivity index (χ1n) is 6.25. The topological polar surface area (TPSA) is 55.1 Å². The van der Waals surface area contributed by atoms with Crippen LogP contribution in [0, 0.1) is 0 Å². The minimum Gasteiger partial charge on any atom is -0.370 e. The third-order valence-electron chi connectivity index (χ3n) is 3.58. The van der Waals surface area contributed by atoms with Crippen LogP contribution in [0.3, 0.4) is 0 Å². The smallest absolute Gasteiger partial charge is 0.219 e. The highest BCUT2D eigenvalue weighted by Crippen LogP contribution is 2.30. The molecule has 0 bridgehead atoms. The van der Waals surface area contributed by atoms with Crippen molar-refractivity contribution in [1.82, 2.24) is 5.32 Å². The molecule has 17 heavy (non-hydrogen) atoms. The number of carbonyl (C=O) groups is 1. The normalized spacial score (nSPS) is 23.1. The quantitative estimate of drug-likeness (QED) is 0.824. The Kier molecular flexibility index (Phi) is 3.48. The zero-order chi connectivity index (χ0) is 12.3. The van der Waals surface area contributed by atoms with E-state index in [0.29, 0.717) is 6.42 Å². The van der Waals surface area contributed by atoms with Crippen LogP contribution in [0.15, 0.2) is 24.3 Å². The molecule has 0 fully saturated rings. The van der Waals surface area contributed by atoms with Crippen LogP contribution in [-0.2, 0) is 17.6 Å². The van der Waals surface area contributed by atoms with E-state index >= 15 is 0 Å². The van der Waals surface area contributed by atoms with E-state index < -0.39 is 0 Å².